The molecule has 2 aromatic heterocycles. The molecular weight excluding hydrogens is 310 g/mol. The van der Waals surface area contributed by atoms with E-state index in [0.29, 0.717) is 30.4 Å². The normalized spacial score (nSPS) is 18.8. The van der Waals surface area contributed by atoms with Gasteiger partial charge in [0, 0.05) is 36.7 Å². The summed E-state index contributed by atoms with van der Waals surface area (Å²) in [5.74, 6) is 2.73. The molecule has 8 nitrogen and oxygen atoms in total. The first-order valence-corrected chi connectivity index (χ1v) is 8.32. The molecule has 1 aliphatic carbocycles. The van der Waals surface area contributed by atoms with Crippen LogP contribution in [0.3, 0.4) is 0 Å². The summed E-state index contributed by atoms with van der Waals surface area (Å²) < 4.78 is 5.34. The number of hydrogen-bond donors (Lipinski definition) is 0. The zero-order chi connectivity index (χ0) is 16.7. The van der Waals surface area contributed by atoms with Crippen LogP contribution in [0.1, 0.15) is 54.8 Å². The summed E-state index contributed by atoms with van der Waals surface area (Å²) >= 11 is 0. The van der Waals surface area contributed by atoms with Crippen molar-refractivity contribution < 1.29 is 9.45 Å². The number of anilines is 1. The fourth-order valence-corrected chi connectivity index (χ4v) is 3.25. The molecule has 0 N–H and O–H groups in total. The van der Waals surface area contributed by atoms with Gasteiger partial charge in [-0.25, -0.2) is 4.98 Å². The minimum Gasteiger partial charge on any atom is -0.351 e. The first kappa shape index (κ1) is 15.0. The Morgan fingerprint density at radius 3 is 2.67 bits per heavy atom. The molecule has 0 amide bonds. The van der Waals surface area contributed by atoms with E-state index in [1.807, 2.05) is 4.90 Å². The van der Waals surface area contributed by atoms with E-state index in [1.54, 1.807) is 19.2 Å². The smallest absolute Gasteiger partial charge is 0.314 e. The van der Waals surface area contributed by atoms with Gasteiger partial charge in [-0.3, -0.25) is 10.1 Å². The molecule has 1 saturated heterocycles. The van der Waals surface area contributed by atoms with Gasteiger partial charge in [-0.05, 0) is 38.7 Å². The van der Waals surface area contributed by atoms with E-state index in [4.69, 9.17) is 4.52 Å². The summed E-state index contributed by atoms with van der Waals surface area (Å²) in [5.41, 5.74) is 0.742. The summed E-state index contributed by atoms with van der Waals surface area (Å²) in [4.78, 5) is 21.8. The third-order valence-electron chi connectivity index (χ3n) is 4.83. The largest absolute Gasteiger partial charge is 0.351 e. The van der Waals surface area contributed by atoms with Crippen LogP contribution in [0.15, 0.2) is 16.8 Å². The lowest BCUT2D eigenvalue weighted by molar-refractivity contribution is -0.384. The number of nitro groups is 1. The highest BCUT2D eigenvalue weighted by Gasteiger charge is 2.33. The van der Waals surface area contributed by atoms with Crippen molar-refractivity contribution >= 4 is 11.5 Å². The number of aryl methyl sites for hydroxylation is 1. The van der Waals surface area contributed by atoms with E-state index in [9.17, 15) is 10.1 Å². The van der Waals surface area contributed by atoms with Crippen LogP contribution in [0, 0.1) is 17.0 Å². The SMILES string of the molecule is Cc1ccnc(N2CCC(c3noc(C4CC4)n3)CC2)c1[N+](=O)[O-]. The number of aromatic nitrogens is 3. The van der Waals surface area contributed by atoms with E-state index < -0.39 is 0 Å². The van der Waals surface area contributed by atoms with Gasteiger partial charge in [-0.1, -0.05) is 5.16 Å². The fraction of sp³-hybridized carbons (Fsp3) is 0.562. The first-order valence-electron chi connectivity index (χ1n) is 8.32. The van der Waals surface area contributed by atoms with Crippen molar-refractivity contribution in [2.75, 3.05) is 18.0 Å². The first-order chi connectivity index (χ1) is 11.6. The molecule has 0 radical (unpaired) electrons. The second-order valence-corrected chi connectivity index (χ2v) is 6.58. The molecular formula is C16H19N5O3. The van der Waals surface area contributed by atoms with Gasteiger partial charge in [0.2, 0.25) is 11.7 Å². The maximum Gasteiger partial charge on any atom is 0.314 e. The Labute approximate surface area is 139 Å². The summed E-state index contributed by atoms with van der Waals surface area (Å²) in [7, 11) is 0. The summed E-state index contributed by atoms with van der Waals surface area (Å²) in [6.07, 6.45) is 5.60. The van der Waals surface area contributed by atoms with Crippen molar-refractivity contribution in [1.29, 1.82) is 0 Å². The van der Waals surface area contributed by atoms with Crippen LogP contribution in [0.5, 0.6) is 0 Å². The lowest BCUT2D eigenvalue weighted by Crippen LogP contribution is -2.34. The molecule has 4 rings (SSSR count). The zero-order valence-corrected chi connectivity index (χ0v) is 13.5. The minimum atomic E-state index is -0.342. The van der Waals surface area contributed by atoms with Crippen molar-refractivity contribution in [2.24, 2.45) is 0 Å². The Bertz CT molecular complexity index is 763. The minimum absolute atomic E-state index is 0.103. The quantitative estimate of drug-likeness (QED) is 0.628. The van der Waals surface area contributed by atoms with Gasteiger partial charge in [0.25, 0.3) is 0 Å². The third-order valence-corrected chi connectivity index (χ3v) is 4.83. The van der Waals surface area contributed by atoms with Crippen LogP contribution in [-0.4, -0.2) is 33.1 Å². The maximum absolute atomic E-state index is 11.4. The van der Waals surface area contributed by atoms with Gasteiger partial charge in [-0.2, -0.15) is 4.98 Å². The number of rotatable bonds is 4. The molecule has 2 aromatic rings. The van der Waals surface area contributed by atoms with Crippen LogP contribution in [0.2, 0.25) is 0 Å². The van der Waals surface area contributed by atoms with Gasteiger partial charge in [0.15, 0.2) is 5.82 Å². The summed E-state index contributed by atoms with van der Waals surface area (Å²) in [5, 5.41) is 15.5. The molecule has 8 heteroatoms. The predicted molar refractivity (Wildman–Crippen MR) is 86.1 cm³/mol. The van der Waals surface area contributed by atoms with Crippen LogP contribution < -0.4 is 4.90 Å². The molecule has 0 bridgehead atoms. The fourth-order valence-electron chi connectivity index (χ4n) is 3.25. The molecule has 24 heavy (non-hydrogen) atoms. The molecule has 0 atom stereocenters. The number of hydrogen-bond acceptors (Lipinski definition) is 7. The van der Waals surface area contributed by atoms with Crippen LogP contribution in [0.4, 0.5) is 11.5 Å². The standard InChI is InChI=1S/C16H19N5O3/c1-10-4-7-17-15(13(10)21(22)23)20-8-5-11(6-9-20)14-18-16(24-19-14)12-2-3-12/h4,7,11-12H,2-3,5-6,8-9H2,1H3. The highest BCUT2D eigenvalue weighted by molar-refractivity contribution is 5.61. The lowest BCUT2D eigenvalue weighted by atomic mass is 9.96. The monoisotopic (exact) mass is 329 g/mol. The van der Waals surface area contributed by atoms with E-state index in [1.165, 1.54) is 0 Å². The van der Waals surface area contributed by atoms with Crippen molar-refractivity contribution in [2.45, 2.75) is 44.4 Å². The molecule has 0 spiro atoms. The molecule has 2 fully saturated rings. The second kappa shape index (κ2) is 5.85. The van der Waals surface area contributed by atoms with Crippen LogP contribution in [0.25, 0.3) is 0 Å². The van der Waals surface area contributed by atoms with E-state index in [-0.39, 0.29) is 16.5 Å². The van der Waals surface area contributed by atoms with Crippen molar-refractivity contribution in [1.82, 2.24) is 15.1 Å². The van der Waals surface area contributed by atoms with E-state index >= 15 is 0 Å². The topological polar surface area (TPSA) is 98.2 Å². The van der Waals surface area contributed by atoms with Crippen molar-refractivity contribution in [3.8, 4) is 0 Å². The van der Waals surface area contributed by atoms with Gasteiger partial charge >= 0.3 is 5.69 Å². The average molecular weight is 329 g/mol. The Morgan fingerprint density at radius 1 is 1.25 bits per heavy atom. The second-order valence-electron chi connectivity index (χ2n) is 6.58. The van der Waals surface area contributed by atoms with Crippen LogP contribution in [-0.2, 0) is 0 Å². The highest BCUT2D eigenvalue weighted by atomic mass is 16.6. The third kappa shape index (κ3) is 2.72. The number of nitrogens with zero attached hydrogens (tertiary/aromatic N) is 5. The average Bonchev–Trinajstić information content (AvgIpc) is 3.32. The Kier molecular flexibility index (Phi) is 3.66. The molecule has 1 saturated carbocycles. The van der Waals surface area contributed by atoms with Crippen molar-refractivity contribution in [3.05, 3.63) is 39.7 Å². The number of pyridine rings is 1. The molecule has 2 aliphatic rings. The van der Waals surface area contributed by atoms with Gasteiger partial charge in [0.1, 0.15) is 0 Å². The molecule has 0 aromatic carbocycles. The van der Waals surface area contributed by atoms with Gasteiger partial charge in [0.05, 0.1) is 4.92 Å². The van der Waals surface area contributed by atoms with Crippen molar-refractivity contribution in [3.63, 3.8) is 0 Å². The van der Waals surface area contributed by atoms with Gasteiger partial charge < -0.3 is 9.42 Å². The highest BCUT2D eigenvalue weighted by Crippen LogP contribution is 2.40. The summed E-state index contributed by atoms with van der Waals surface area (Å²) in [6, 6.07) is 1.67. The van der Waals surface area contributed by atoms with Gasteiger partial charge in [-0.15, -0.1) is 0 Å². The Balaban J connectivity index is 1.48. The van der Waals surface area contributed by atoms with E-state index in [0.717, 1.165) is 37.4 Å². The Hall–Kier alpha value is -2.51. The predicted octanol–water partition coefficient (Wildman–Crippen LogP) is 2.94. The van der Waals surface area contributed by atoms with E-state index in [2.05, 4.69) is 15.1 Å². The maximum atomic E-state index is 11.4. The Morgan fingerprint density at radius 2 is 2.00 bits per heavy atom. The molecule has 0 unspecified atom stereocenters. The lowest BCUT2D eigenvalue weighted by Gasteiger charge is -2.31. The number of piperidine rings is 1. The molecule has 126 valence electrons. The molecule has 3 heterocycles. The van der Waals surface area contributed by atoms with Crippen LogP contribution >= 0.6 is 0 Å². The summed E-state index contributed by atoms with van der Waals surface area (Å²) in [6.45, 7) is 3.15. The molecule has 1 aliphatic heterocycles. The zero-order valence-electron chi connectivity index (χ0n) is 13.5.